The molecule has 1 aromatic carbocycles. The molecule has 3 N–H and O–H groups in total. The number of benzene rings is 1. The fourth-order valence-electron chi connectivity index (χ4n) is 2.09. The van der Waals surface area contributed by atoms with E-state index in [1.54, 1.807) is 0 Å². The maximum absolute atomic E-state index is 5.94. The van der Waals surface area contributed by atoms with Crippen molar-refractivity contribution in [3.05, 3.63) is 24.3 Å². The number of nitrogens with one attached hydrogen (secondary N) is 1. The van der Waals surface area contributed by atoms with Crippen LogP contribution in [-0.2, 0) is 0 Å². The molecule has 2 rings (SSSR count). The third-order valence-corrected chi connectivity index (χ3v) is 3.71. The van der Waals surface area contributed by atoms with Gasteiger partial charge in [0.1, 0.15) is 0 Å². The fraction of sp³-hybridized carbons (Fsp3) is 0.500. The molecule has 0 atom stereocenters. The van der Waals surface area contributed by atoms with Crippen molar-refractivity contribution in [2.24, 2.45) is 0 Å². The molecule has 0 bridgehead atoms. The van der Waals surface area contributed by atoms with Gasteiger partial charge < -0.3 is 16.0 Å². The standard InChI is InChI=1S/C16H25N5/c1-12(2)21(3)11-7-6-10-18-16-15(17)19-13-8-4-5-9-14(13)20-16/h4-5,8-9,12H,6-7,10-11H2,1-3H3,(H2,17,19)(H,18,20). The zero-order valence-electron chi connectivity index (χ0n) is 13.1. The molecule has 0 aliphatic carbocycles. The Hall–Kier alpha value is -1.88. The van der Waals surface area contributed by atoms with E-state index in [4.69, 9.17) is 5.73 Å². The molecule has 0 radical (unpaired) electrons. The average molecular weight is 287 g/mol. The first-order chi connectivity index (χ1) is 10.1. The summed E-state index contributed by atoms with van der Waals surface area (Å²) in [6.45, 7) is 6.40. The van der Waals surface area contributed by atoms with Crippen LogP contribution in [0.25, 0.3) is 11.0 Å². The number of nitrogen functional groups attached to an aromatic ring is 1. The van der Waals surface area contributed by atoms with Crippen LogP contribution >= 0.6 is 0 Å². The lowest BCUT2D eigenvalue weighted by Crippen LogP contribution is -2.27. The van der Waals surface area contributed by atoms with Gasteiger partial charge in [0.2, 0.25) is 0 Å². The molecule has 0 spiro atoms. The Morgan fingerprint density at radius 1 is 1.14 bits per heavy atom. The van der Waals surface area contributed by atoms with Crippen LogP contribution in [0.5, 0.6) is 0 Å². The van der Waals surface area contributed by atoms with E-state index in [9.17, 15) is 0 Å². The molecule has 21 heavy (non-hydrogen) atoms. The maximum atomic E-state index is 5.94. The van der Waals surface area contributed by atoms with Crippen molar-refractivity contribution in [1.29, 1.82) is 0 Å². The molecule has 1 aromatic heterocycles. The highest BCUT2D eigenvalue weighted by atomic mass is 15.1. The van der Waals surface area contributed by atoms with Gasteiger partial charge in [-0.3, -0.25) is 0 Å². The predicted octanol–water partition coefficient (Wildman–Crippen LogP) is 2.74. The van der Waals surface area contributed by atoms with E-state index in [1.165, 1.54) is 0 Å². The van der Waals surface area contributed by atoms with E-state index in [0.29, 0.717) is 17.7 Å². The van der Waals surface area contributed by atoms with E-state index in [2.05, 4.69) is 41.1 Å². The van der Waals surface area contributed by atoms with E-state index in [1.807, 2.05) is 24.3 Å². The number of nitrogens with two attached hydrogens (primary N) is 1. The second-order valence-electron chi connectivity index (χ2n) is 5.65. The maximum Gasteiger partial charge on any atom is 0.169 e. The van der Waals surface area contributed by atoms with Crippen LogP contribution < -0.4 is 11.1 Å². The third-order valence-electron chi connectivity index (χ3n) is 3.71. The summed E-state index contributed by atoms with van der Waals surface area (Å²) in [4.78, 5) is 11.2. The Morgan fingerprint density at radius 2 is 1.81 bits per heavy atom. The number of nitrogens with zero attached hydrogens (tertiary/aromatic N) is 3. The van der Waals surface area contributed by atoms with Gasteiger partial charge >= 0.3 is 0 Å². The second-order valence-corrected chi connectivity index (χ2v) is 5.65. The first kappa shape index (κ1) is 15.5. The Morgan fingerprint density at radius 3 is 2.48 bits per heavy atom. The molecule has 0 amide bonds. The first-order valence-corrected chi connectivity index (χ1v) is 7.54. The number of para-hydroxylation sites is 2. The minimum atomic E-state index is 0.466. The number of aromatic nitrogens is 2. The molecule has 0 saturated heterocycles. The SMILES string of the molecule is CC(C)N(C)CCCCNc1nc2ccccc2nc1N. The van der Waals surface area contributed by atoms with Crippen LogP contribution in [0.3, 0.4) is 0 Å². The van der Waals surface area contributed by atoms with Crippen molar-refractivity contribution >= 4 is 22.7 Å². The van der Waals surface area contributed by atoms with Crippen LogP contribution in [-0.4, -0.2) is 41.0 Å². The summed E-state index contributed by atoms with van der Waals surface area (Å²) >= 11 is 0. The summed E-state index contributed by atoms with van der Waals surface area (Å²) in [6.07, 6.45) is 2.24. The van der Waals surface area contributed by atoms with Crippen molar-refractivity contribution in [3.63, 3.8) is 0 Å². The highest BCUT2D eigenvalue weighted by Gasteiger charge is 2.05. The average Bonchev–Trinajstić information content (AvgIpc) is 2.46. The highest BCUT2D eigenvalue weighted by molar-refractivity contribution is 5.79. The summed E-state index contributed by atoms with van der Waals surface area (Å²) in [5.41, 5.74) is 7.65. The Kier molecular flexibility index (Phi) is 5.33. The van der Waals surface area contributed by atoms with Crippen molar-refractivity contribution in [2.75, 3.05) is 31.2 Å². The summed E-state index contributed by atoms with van der Waals surface area (Å²) in [6, 6.07) is 8.36. The van der Waals surface area contributed by atoms with Crippen molar-refractivity contribution in [3.8, 4) is 0 Å². The molecular weight excluding hydrogens is 262 g/mol. The Balaban J connectivity index is 1.85. The molecule has 0 saturated carbocycles. The second kappa shape index (κ2) is 7.22. The Labute approximate surface area is 126 Å². The predicted molar refractivity (Wildman–Crippen MR) is 89.4 cm³/mol. The van der Waals surface area contributed by atoms with Gasteiger partial charge in [0.05, 0.1) is 11.0 Å². The summed E-state index contributed by atoms with van der Waals surface area (Å²) in [7, 11) is 2.16. The number of rotatable bonds is 7. The van der Waals surface area contributed by atoms with Crippen LogP contribution in [0.2, 0.25) is 0 Å². The fourth-order valence-corrected chi connectivity index (χ4v) is 2.09. The highest BCUT2D eigenvalue weighted by Crippen LogP contribution is 2.18. The topological polar surface area (TPSA) is 67.1 Å². The summed E-state index contributed by atoms with van der Waals surface area (Å²) in [5.74, 6) is 1.15. The molecule has 114 valence electrons. The molecule has 0 fully saturated rings. The van der Waals surface area contributed by atoms with Gasteiger partial charge in [0, 0.05) is 12.6 Å². The van der Waals surface area contributed by atoms with E-state index < -0.39 is 0 Å². The lowest BCUT2D eigenvalue weighted by molar-refractivity contribution is 0.269. The smallest absolute Gasteiger partial charge is 0.169 e. The largest absolute Gasteiger partial charge is 0.381 e. The number of fused-ring (bicyclic) bond motifs is 1. The molecule has 1 heterocycles. The first-order valence-electron chi connectivity index (χ1n) is 7.54. The minimum absolute atomic E-state index is 0.466. The number of unbranched alkanes of at least 4 members (excludes halogenated alkanes) is 1. The third kappa shape index (κ3) is 4.29. The summed E-state index contributed by atoms with van der Waals surface area (Å²) in [5, 5.41) is 3.29. The van der Waals surface area contributed by atoms with Gasteiger partial charge in [0.15, 0.2) is 11.6 Å². The zero-order chi connectivity index (χ0) is 15.2. The molecule has 5 heteroatoms. The van der Waals surface area contributed by atoms with Gasteiger partial charge in [-0.2, -0.15) is 0 Å². The minimum Gasteiger partial charge on any atom is -0.381 e. The van der Waals surface area contributed by atoms with E-state index in [-0.39, 0.29) is 0 Å². The number of hydrogen-bond acceptors (Lipinski definition) is 5. The van der Waals surface area contributed by atoms with Crippen LogP contribution in [0, 0.1) is 0 Å². The lowest BCUT2D eigenvalue weighted by atomic mass is 10.2. The molecule has 2 aromatic rings. The van der Waals surface area contributed by atoms with Gasteiger partial charge in [-0.25, -0.2) is 9.97 Å². The van der Waals surface area contributed by atoms with Crippen molar-refractivity contribution < 1.29 is 0 Å². The van der Waals surface area contributed by atoms with E-state index in [0.717, 1.165) is 37.0 Å². The van der Waals surface area contributed by atoms with Gasteiger partial charge in [0.25, 0.3) is 0 Å². The van der Waals surface area contributed by atoms with Gasteiger partial charge in [-0.1, -0.05) is 12.1 Å². The molecule has 0 unspecified atom stereocenters. The van der Waals surface area contributed by atoms with Crippen LogP contribution in [0.1, 0.15) is 26.7 Å². The van der Waals surface area contributed by atoms with Crippen molar-refractivity contribution in [2.45, 2.75) is 32.7 Å². The zero-order valence-corrected chi connectivity index (χ0v) is 13.1. The van der Waals surface area contributed by atoms with Gasteiger partial charge in [-0.15, -0.1) is 0 Å². The van der Waals surface area contributed by atoms with Gasteiger partial charge in [-0.05, 0) is 52.4 Å². The number of anilines is 2. The lowest BCUT2D eigenvalue weighted by Gasteiger charge is -2.20. The number of hydrogen-bond donors (Lipinski definition) is 2. The van der Waals surface area contributed by atoms with Crippen LogP contribution in [0.4, 0.5) is 11.6 Å². The molecule has 0 aliphatic rings. The van der Waals surface area contributed by atoms with Crippen LogP contribution in [0.15, 0.2) is 24.3 Å². The molecule has 5 nitrogen and oxygen atoms in total. The molecular formula is C16H25N5. The van der Waals surface area contributed by atoms with E-state index >= 15 is 0 Å². The normalized spacial score (nSPS) is 11.5. The Bertz CT molecular complexity index is 582. The molecule has 0 aliphatic heterocycles. The van der Waals surface area contributed by atoms with Crippen molar-refractivity contribution in [1.82, 2.24) is 14.9 Å². The summed E-state index contributed by atoms with van der Waals surface area (Å²) < 4.78 is 0. The quantitative estimate of drug-likeness (QED) is 0.766. The monoisotopic (exact) mass is 287 g/mol.